The number of carbonyl (C=O) groups excluding carboxylic acids is 2. The van der Waals surface area contributed by atoms with Crippen molar-refractivity contribution in [3.63, 3.8) is 0 Å². The van der Waals surface area contributed by atoms with Gasteiger partial charge in [-0.15, -0.1) is 11.3 Å². The van der Waals surface area contributed by atoms with E-state index in [2.05, 4.69) is 24.1 Å². The standard InChI is InChI=1S/C25H31N3O3S2/c1-4-17(5-2)24(30)28-12-10-18(11-13-28)27-23(29)22-20(15-33-25-26-16(3)14-32-25)19-8-6-7-9-21(19)31-22/h6-9,14,17-18H,4-5,10-13,15H2,1-3H3,(H,27,29). The second-order valence-corrected chi connectivity index (χ2v) is 10.6. The van der Waals surface area contributed by atoms with Crippen molar-refractivity contribution < 1.29 is 14.0 Å². The van der Waals surface area contributed by atoms with Crippen molar-refractivity contribution in [1.82, 2.24) is 15.2 Å². The van der Waals surface area contributed by atoms with E-state index in [1.165, 1.54) is 0 Å². The normalized spacial score (nSPS) is 14.8. The minimum atomic E-state index is -0.179. The van der Waals surface area contributed by atoms with Crippen molar-refractivity contribution in [3.05, 3.63) is 46.7 Å². The van der Waals surface area contributed by atoms with Crippen LogP contribution < -0.4 is 5.32 Å². The van der Waals surface area contributed by atoms with Crippen LogP contribution in [-0.2, 0) is 10.5 Å². The lowest BCUT2D eigenvalue weighted by Crippen LogP contribution is -2.48. The first kappa shape index (κ1) is 23.8. The van der Waals surface area contributed by atoms with Crippen molar-refractivity contribution in [2.75, 3.05) is 13.1 Å². The zero-order chi connectivity index (χ0) is 23.4. The fourth-order valence-corrected chi connectivity index (χ4v) is 6.23. The van der Waals surface area contributed by atoms with Gasteiger partial charge in [0.2, 0.25) is 5.91 Å². The fourth-order valence-electron chi connectivity index (χ4n) is 4.35. The van der Waals surface area contributed by atoms with Crippen LogP contribution >= 0.6 is 23.1 Å². The smallest absolute Gasteiger partial charge is 0.287 e. The van der Waals surface area contributed by atoms with Crippen LogP contribution in [0.4, 0.5) is 0 Å². The van der Waals surface area contributed by atoms with Crippen LogP contribution in [-0.4, -0.2) is 40.8 Å². The molecule has 1 aromatic carbocycles. The van der Waals surface area contributed by atoms with Crippen LogP contribution in [0.25, 0.3) is 11.0 Å². The van der Waals surface area contributed by atoms with Gasteiger partial charge in [0, 0.05) is 52.8 Å². The summed E-state index contributed by atoms with van der Waals surface area (Å²) >= 11 is 3.24. The maximum Gasteiger partial charge on any atom is 0.287 e. The van der Waals surface area contributed by atoms with Crippen LogP contribution in [0.1, 0.15) is 61.3 Å². The number of aryl methyl sites for hydroxylation is 1. The molecule has 1 aliphatic heterocycles. The van der Waals surface area contributed by atoms with Crippen LogP contribution in [0.15, 0.2) is 38.4 Å². The Morgan fingerprint density at radius 1 is 1.24 bits per heavy atom. The average molecular weight is 486 g/mol. The van der Waals surface area contributed by atoms with E-state index in [1.807, 2.05) is 41.5 Å². The number of likely N-dealkylation sites (tertiary alicyclic amines) is 1. The first-order valence-electron chi connectivity index (χ1n) is 11.6. The molecular formula is C25H31N3O3S2. The first-order chi connectivity index (χ1) is 16.0. The van der Waals surface area contributed by atoms with E-state index < -0.39 is 0 Å². The van der Waals surface area contributed by atoms with Crippen LogP contribution in [0.2, 0.25) is 0 Å². The van der Waals surface area contributed by atoms with Crippen LogP contribution in [0.5, 0.6) is 0 Å². The fraction of sp³-hybridized carbons (Fsp3) is 0.480. The zero-order valence-corrected chi connectivity index (χ0v) is 21.1. The molecule has 1 aliphatic rings. The van der Waals surface area contributed by atoms with Gasteiger partial charge in [-0.25, -0.2) is 4.98 Å². The van der Waals surface area contributed by atoms with Gasteiger partial charge >= 0.3 is 0 Å². The number of carbonyl (C=O) groups is 2. The first-order valence-corrected chi connectivity index (χ1v) is 13.5. The Morgan fingerprint density at radius 2 is 1.97 bits per heavy atom. The van der Waals surface area contributed by atoms with Crippen LogP contribution in [0, 0.1) is 12.8 Å². The second kappa shape index (κ2) is 10.7. The highest BCUT2D eigenvalue weighted by atomic mass is 32.2. The molecular weight excluding hydrogens is 454 g/mol. The number of para-hydroxylation sites is 1. The summed E-state index contributed by atoms with van der Waals surface area (Å²) in [6, 6.07) is 7.82. The maximum absolute atomic E-state index is 13.2. The number of thioether (sulfide) groups is 1. The number of furan rings is 1. The number of rotatable bonds is 8. The molecule has 2 aromatic heterocycles. The molecule has 0 unspecified atom stereocenters. The number of piperidine rings is 1. The molecule has 33 heavy (non-hydrogen) atoms. The molecule has 1 fully saturated rings. The maximum atomic E-state index is 13.2. The molecule has 0 spiro atoms. The molecule has 0 bridgehead atoms. The number of benzene rings is 1. The van der Waals surface area contributed by atoms with Crippen molar-refractivity contribution in [2.45, 2.75) is 62.6 Å². The van der Waals surface area contributed by atoms with Gasteiger partial charge in [0.05, 0.1) is 0 Å². The number of thiazole rings is 1. The largest absolute Gasteiger partial charge is 0.451 e. The Labute approximate surface area is 203 Å². The number of aromatic nitrogens is 1. The molecule has 176 valence electrons. The number of nitrogens with one attached hydrogen (secondary N) is 1. The molecule has 3 heterocycles. The molecule has 0 aliphatic carbocycles. The predicted octanol–water partition coefficient (Wildman–Crippen LogP) is 5.65. The molecule has 4 rings (SSSR count). The summed E-state index contributed by atoms with van der Waals surface area (Å²) in [6.45, 7) is 7.49. The third-order valence-electron chi connectivity index (χ3n) is 6.32. The van der Waals surface area contributed by atoms with E-state index in [0.717, 1.165) is 52.2 Å². The third kappa shape index (κ3) is 5.44. The zero-order valence-electron chi connectivity index (χ0n) is 19.4. The van der Waals surface area contributed by atoms with E-state index in [1.54, 1.807) is 23.1 Å². The number of nitrogens with zero attached hydrogens (tertiary/aromatic N) is 2. The lowest BCUT2D eigenvalue weighted by Gasteiger charge is -2.34. The highest BCUT2D eigenvalue weighted by molar-refractivity contribution is 8.00. The molecule has 2 amide bonds. The van der Waals surface area contributed by atoms with E-state index in [4.69, 9.17) is 4.42 Å². The van der Waals surface area contributed by atoms with Gasteiger partial charge < -0.3 is 14.6 Å². The van der Waals surface area contributed by atoms with Gasteiger partial charge in [-0.05, 0) is 38.7 Å². The summed E-state index contributed by atoms with van der Waals surface area (Å²) in [5, 5.41) is 6.16. The van der Waals surface area contributed by atoms with Gasteiger partial charge in [0.25, 0.3) is 5.91 Å². The number of amides is 2. The predicted molar refractivity (Wildman–Crippen MR) is 134 cm³/mol. The van der Waals surface area contributed by atoms with Crippen LogP contribution in [0.3, 0.4) is 0 Å². The second-order valence-electron chi connectivity index (χ2n) is 8.54. The molecule has 8 heteroatoms. The summed E-state index contributed by atoms with van der Waals surface area (Å²) in [6.07, 6.45) is 3.28. The summed E-state index contributed by atoms with van der Waals surface area (Å²) < 4.78 is 6.99. The topological polar surface area (TPSA) is 75.4 Å². The molecule has 0 atom stereocenters. The molecule has 6 nitrogen and oxygen atoms in total. The van der Waals surface area contributed by atoms with E-state index in [-0.39, 0.29) is 23.8 Å². The Kier molecular flexibility index (Phi) is 7.75. The lowest BCUT2D eigenvalue weighted by atomic mass is 9.98. The van der Waals surface area contributed by atoms with Gasteiger partial charge in [-0.1, -0.05) is 43.8 Å². The average Bonchev–Trinajstić information content (AvgIpc) is 3.42. The van der Waals surface area contributed by atoms with Gasteiger partial charge in [0.1, 0.15) is 9.92 Å². The monoisotopic (exact) mass is 485 g/mol. The SMILES string of the molecule is CCC(CC)C(=O)N1CCC(NC(=O)c2oc3ccccc3c2CSc2nc(C)cs2)CC1. The molecule has 1 saturated heterocycles. The summed E-state index contributed by atoms with van der Waals surface area (Å²) in [4.78, 5) is 32.4. The Bertz CT molecular complexity index is 1110. The summed E-state index contributed by atoms with van der Waals surface area (Å²) in [5.74, 6) is 1.18. The number of fused-ring (bicyclic) bond motifs is 1. The highest BCUT2D eigenvalue weighted by Gasteiger charge is 2.29. The summed E-state index contributed by atoms with van der Waals surface area (Å²) in [7, 11) is 0. The van der Waals surface area contributed by atoms with E-state index >= 15 is 0 Å². The Morgan fingerprint density at radius 3 is 2.64 bits per heavy atom. The van der Waals surface area contributed by atoms with E-state index in [9.17, 15) is 9.59 Å². The molecule has 1 N–H and O–H groups in total. The Balaban J connectivity index is 1.43. The lowest BCUT2D eigenvalue weighted by molar-refractivity contribution is -0.136. The molecule has 0 saturated carbocycles. The van der Waals surface area contributed by atoms with Crippen molar-refractivity contribution in [1.29, 1.82) is 0 Å². The third-order valence-corrected chi connectivity index (χ3v) is 8.48. The quantitative estimate of drug-likeness (QED) is 0.418. The summed E-state index contributed by atoms with van der Waals surface area (Å²) in [5.41, 5.74) is 2.63. The molecule has 0 radical (unpaired) electrons. The minimum absolute atomic E-state index is 0.0404. The van der Waals surface area contributed by atoms with Crippen molar-refractivity contribution in [3.8, 4) is 0 Å². The minimum Gasteiger partial charge on any atom is -0.451 e. The van der Waals surface area contributed by atoms with E-state index in [0.29, 0.717) is 24.6 Å². The Hall–Kier alpha value is -2.32. The van der Waals surface area contributed by atoms with Gasteiger partial charge in [0.15, 0.2) is 5.76 Å². The van der Waals surface area contributed by atoms with Crippen molar-refractivity contribution in [2.24, 2.45) is 5.92 Å². The number of hydrogen-bond acceptors (Lipinski definition) is 6. The highest BCUT2D eigenvalue weighted by Crippen LogP contribution is 2.33. The molecule has 3 aromatic rings. The van der Waals surface area contributed by atoms with Gasteiger partial charge in [-0.3, -0.25) is 9.59 Å². The van der Waals surface area contributed by atoms with Crippen molar-refractivity contribution >= 4 is 45.9 Å². The number of hydrogen-bond donors (Lipinski definition) is 1. The van der Waals surface area contributed by atoms with Gasteiger partial charge in [-0.2, -0.15) is 0 Å².